The summed E-state index contributed by atoms with van der Waals surface area (Å²) in [5, 5.41) is 8.82. The highest BCUT2D eigenvalue weighted by atomic mass is 32.2. The van der Waals surface area contributed by atoms with Crippen molar-refractivity contribution in [2.24, 2.45) is 0 Å². The third-order valence-corrected chi connectivity index (χ3v) is 5.07. The fourth-order valence-corrected chi connectivity index (χ4v) is 3.34. The largest absolute Gasteiger partial charge is 0.306 e. The second-order valence-electron chi connectivity index (χ2n) is 5.93. The number of nitrogens with zero attached hydrogens (tertiary/aromatic N) is 3. The van der Waals surface area contributed by atoms with Gasteiger partial charge in [-0.15, -0.1) is 10.2 Å². The van der Waals surface area contributed by atoms with Gasteiger partial charge in [0.15, 0.2) is 5.16 Å². The lowest BCUT2D eigenvalue weighted by atomic mass is 10.2. The van der Waals surface area contributed by atoms with Crippen molar-refractivity contribution < 1.29 is 9.59 Å². The molecule has 2 aromatic rings. The SMILES string of the molecule is CCn1c(S[C@@H](C)C(=O)NNC(=O)c2ccccc2)nnc1C1CC1. The van der Waals surface area contributed by atoms with Crippen LogP contribution in [0.1, 0.15) is 48.8 Å². The number of rotatable bonds is 6. The number of hydrazine groups is 1. The Morgan fingerprint density at radius 2 is 1.96 bits per heavy atom. The zero-order valence-corrected chi connectivity index (χ0v) is 15.0. The third kappa shape index (κ3) is 4.19. The lowest BCUT2D eigenvalue weighted by Gasteiger charge is -2.13. The summed E-state index contributed by atoms with van der Waals surface area (Å²) in [4.78, 5) is 24.2. The highest BCUT2D eigenvalue weighted by Gasteiger charge is 2.30. The van der Waals surface area contributed by atoms with Gasteiger partial charge in [0.2, 0.25) is 0 Å². The average Bonchev–Trinajstić information content (AvgIpc) is 3.41. The van der Waals surface area contributed by atoms with Crippen molar-refractivity contribution in [2.45, 2.75) is 49.6 Å². The van der Waals surface area contributed by atoms with Crippen LogP contribution in [0.3, 0.4) is 0 Å². The van der Waals surface area contributed by atoms with Gasteiger partial charge in [0.1, 0.15) is 5.82 Å². The topological polar surface area (TPSA) is 88.9 Å². The van der Waals surface area contributed by atoms with E-state index in [4.69, 9.17) is 0 Å². The van der Waals surface area contributed by atoms with Gasteiger partial charge in [0, 0.05) is 18.0 Å². The van der Waals surface area contributed by atoms with Crippen LogP contribution >= 0.6 is 11.8 Å². The summed E-state index contributed by atoms with van der Waals surface area (Å²) >= 11 is 1.34. The Hall–Kier alpha value is -2.35. The van der Waals surface area contributed by atoms with E-state index in [1.807, 2.05) is 13.0 Å². The first kappa shape index (κ1) is 17.5. The molecule has 25 heavy (non-hydrogen) atoms. The molecule has 8 heteroatoms. The van der Waals surface area contributed by atoms with Crippen molar-refractivity contribution in [3.63, 3.8) is 0 Å². The lowest BCUT2D eigenvalue weighted by molar-refractivity contribution is -0.121. The minimum Gasteiger partial charge on any atom is -0.306 e. The summed E-state index contributed by atoms with van der Waals surface area (Å²) < 4.78 is 2.06. The number of benzene rings is 1. The Labute approximate surface area is 150 Å². The molecular formula is C17H21N5O2S. The molecule has 0 radical (unpaired) electrons. The number of aromatic nitrogens is 3. The molecule has 0 unspecified atom stereocenters. The van der Waals surface area contributed by atoms with Crippen LogP contribution in [0.4, 0.5) is 0 Å². The lowest BCUT2D eigenvalue weighted by Crippen LogP contribution is -2.44. The van der Waals surface area contributed by atoms with Crippen LogP contribution in [0, 0.1) is 0 Å². The van der Waals surface area contributed by atoms with Gasteiger partial charge >= 0.3 is 0 Å². The maximum absolute atomic E-state index is 12.2. The van der Waals surface area contributed by atoms with Gasteiger partial charge in [-0.05, 0) is 38.8 Å². The average molecular weight is 359 g/mol. The Morgan fingerprint density at radius 1 is 1.24 bits per heavy atom. The molecule has 0 aliphatic heterocycles. The van der Waals surface area contributed by atoms with E-state index in [2.05, 4.69) is 25.6 Å². The number of carbonyl (C=O) groups excluding carboxylic acids is 2. The van der Waals surface area contributed by atoms with E-state index in [0.29, 0.717) is 11.5 Å². The molecule has 1 fully saturated rings. The molecule has 7 nitrogen and oxygen atoms in total. The first-order valence-electron chi connectivity index (χ1n) is 8.35. The molecular weight excluding hydrogens is 338 g/mol. The number of thioether (sulfide) groups is 1. The molecule has 1 saturated carbocycles. The van der Waals surface area contributed by atoms with E-state index in [9.17, 15) is 9.59 Å². The van der Waals surface area contributed by atoms with Gasteiger partial charge < -0.3 is 4.57 Å². The zero-order chi connectivity index (χ0) is 17.8. The highest BCUT2D eigenvalue weighted by molar-refractivity contribution is 8.00. The Bertz CT molecular complexity index is 758. The minimum atomic E-state index is -0.405. The van der Waals surface area contributed by atoms with Crippen molar-refractivity contribution in [1.29, 1.82) is 0 Å². The second-order valence-corrected chi connectivity index (χ2v) is 7.24. The molecule has 1 aliphatic carbocycles. The minimum absolute atomic E-state index is 0.284. The summed E-state index contributed by atoms with van der Waals surface area (Å²) in [6.07, 6.45) is 2.31. The molecule has 2 amide bonds. The summed E-state index contributed by atoms with van der Waals surface area (Å²) in [6, 6.07) is 8.73. The first-order valence-corrected chi connectivity index (χ1v) is 9.23. The normalized spacial score (nSPS) is 14.8. The monoisotopic (exact) mass is 359 g/mol. The van der Waals surface area contributed by atoms with Crippen molar-refractivity contribution in [1.82, 2.24) is 25.6 Å². The van der Waals surface area contributed by atoms with Crippen LogP contribution in [0.2, 0.25) is 0 Å². The quantitative estimate of drug-likeness (QED) is 0.609. The molecule has 1 atom stereocenters. The van der Waals surface area contributed by atoms with Gasteiger partial charge in [-0.1, -0.05) is 30.0 Å². The second kappa shape index (κ2) is 7.69. The number of nitrogens with one attached hydrogen (secondary N) is 2. The van der Waals surface area contributed by atoms with E-state index in [-0.39, 0.29) is 11.8 Å². The summed E-state index contributed by atoms with van der Waals surface area (Å²) in [5.74, 6) is 0.887. The van der Waals surface area contributed by atoms with Crippen molar-refractivity contribution in [3.05, 3.63) is 41.7 Å². The Balaban J connectivity index is 1.55. The maximum atomic E-state index is 12.2. The fourth-order valence-electron chi connectivity index (χ4n) is 2.42. The van der Waals surface area contributed by atoms with E-state index in [0.717, 1.165) is 30.4 Å². The van der Waals surface area contributed by atoms with Gasteiger partial charge in [0.25, 0.3) is 11.8 Å². The molecule has 1 heterocycles. The summed E-state index contributed by atoms with van der Waals surface area (Å²) in [7, 11) is 0. The highest BCUT2D eigenvalue weighted by Crippen LogP contribution is 2.40. The van der Waals surface area contributed by atoms with E-state index < -0.39 is 5.25 Å². The zero-order valence-electron chi connectivity index (χ0n) is 14.2. The van der Waals surface area contributed by atoms with Crippen molar-refractivity contribution in [3.8, 4) is 0 Å². The molecule has 132 valence electrons. The maximum Gasteiger partial charge on any atom is 0.269 e. The van der Waals surface area contributed by atoms with E-state index >= 15 is 0 Å². The van der Waals surface area contributed by atoms with Gasteiger partial charge in [0.05, 0.1) is 5.25 Å². The predicted octanol–water partition coefficient (Wildman–Crippen LogP) is 2.12. The van der Waals surface area contributed by atoms with Crippen LogP contribution in [0.15, 0.2) is 35.5 Å². The van der Waals surface area contributed by atoms with E-state index in [1.54, 1.807) is 31.2 Å². The molecule has 1 aromatic carbocycles. The first-order chi connectivity index (χ1) is 12.1. The Morgan fingerprint density at radius 3 is 2.60 bits per heavy atom. The molecule has 1 aliphatic rings. The third-order valence-electron chi connectivity index (χ3n) is 3.99. The molecule has 1 aromatic heterocycles. The van der Waals surface area contributed by atoms with Crippen LogP contribution in [0.5, 0.6) is 0 Å². The fraction of sp³-hybridized carbons (Fsp3) is 0.412. The Kier molecular flexibility index (Phi) is 5.37. The number of amides is 2. The summed E-state index contributed by atoms with van der Waals surface area (Å²) in [5.41, 5.74) is 5.39. The van der Waals surface area contributed by atoms with Crippen LogP contribution < -0.4 is 10.9 Å². The molecule has 0 bridgehead atoms. The molecule has 0 saturated heterocycles. The van der Waals surface area contributed by atoms with Crippen LogP contribution in [0.25, 0.3) is 0 Å². The number of carbonyl (C=O) groups is 2. The van der Waals surface area contributed by atoms with Gasteiger partial charge in [-0.3, -0.25) is 20.4 Å². The molecule has 3 rings (SSSR count). The van der Waals surface area contributed by atoms with E-state index in [1.165, 1.54) is 11.8 Å². The van der Waals surface area contributed by atoms with Crippen LogP contribution in [-0.4, -0.2) is 31.8 Å². The number of hydrogen-bond donors (Lipinski definition) is 2. The molecule has 2 N–H and O–H groups in total. The standard InChI is InChI=1S/C17H21N5O2S/c1-3-22-14(12-9-10-12)18-21-17(22)25-11(2)15(23)19-20-16(24)13-7-5-4-6-8-13/h4-8,11-12H,3,9-10H2,1-2H3,(H,19,23)(H,20,24)/t11-/m0/s1. The van der Waals surface area contributed by atoms with Gasteiger partial charge in [-0.25, -0.2) is 0 Å². The van der Waals surface area contributed by atoms with Crippen LogP contribution in [-0.2, 0) is 11.3 Å². The molecule has 0 spiro atoms. The summed E-state index contributed by atoms with van der Waals surface area (Å²) in [6.45, 7) is 4.60. The smallest absolute Gasteiger partial charge is 0.269 e. The number of hydrogen-bond acceptors (Lipinski definition) is 5. The van der Waals surface area contributed by atoms with Gasteiger partial charge in [-0.2, -0.15) is 0 Å². The van der Waals surface area contributed by atoms with Crippen molar-refractivity contribution >= 4 is 23.6 Å². The predicted molar refractivity (Wildman–Crippen MR) is 95.0 cm³/mol. The van der Waals surface area contributed by atoms with Crippen molar-refractivity contribution in [2.75, 3.05) is 0 Å².